The number of alkyl halides is 1. The fourth-order valence-corrected chi connectivity index (χ4v) is 2.85. The first-order valence-corrected chi connectivity index (χ1v) is 7.28. The Morgan fingerprint density at radius 1 is 1.47 bits per heavy atom. The van der Waals surface area contributed by atoms with Crippen LogP contribution in [0.4, 0.5) is 0 Å². The van der Waals surface area contributed by atoms with Crippen molar-refractivity contribution in [2.75, 3.05) is 11.0 Å². The molecule has 0 unspecified atom stereocenters. The fourth-order valence-electron chi connectivity index (χ4n) is 2.05. The summed E-state index contributed by atoms with van der Waals surface area (Å²) in [6.45, 7) is 2.84. The van der Waals surface area contributed by atoms with E-state index >= 15 is 0 Å². The number of rotatable bonds is 3. The lowest BCUT2D eigenvalue weighted by Gasteiger charge is -2.21. The second-order valence-corrected chi connectivity index (χ2v) is 5.25. The summed E-state index contributed by atoms with van der Waals surface area (Å²) in [6.07, 6.45) is 0.137. The Labute approximate surface area is 115 Å². The van der Waals surface area contributed by atoms with E-state index in [1.807, 2.05) is 30.3 Å². The van der Waals surface area contributed by atoms with Crippen LogP contribution < -0.4 is 5.32 Å². The van der Waals surface area contributed by atoms with Crippen molar-refractivity contribution in [1.29, 1.82) is 0 Å². The summed E-state index contributed by atoms with van der Waals surface area (Å²) in [5.41, 5.74) is 0.707. The first-order chi connectivity index (χ1) is 8.22. The maximum absolute atomic E-state index is 12.0. The molecule has 1 saturated heterocycles. The van der Waals surface area contributed by atoms with Gasteiger partial charge in [0.15, 0.2) is 0 Å². The number of nitrogens with one attached hydrogen (secondary N) is 1. The van der Waals surface area contributed by atoms with Gasteiger partial charge in [-0.05, 0) is 12.1 Å². The van der Waals surface area contributed by atoms with Crippen molar-refractivity contribution in [2.24, 2.45) is 5.92 Å². The molecule has 0 aliphatic carbocycles. The molecule has 0 bridgehead atoms. The van der Waals surface area contributed by atoms with Crippen LogP contribution in [0.2, 0.25) is 0 Å². The molecule has 3 atom stereocenters. The topological polar surface area (TPSA) is 38.3 Å². The zero-order valence-corrected chi connectivity index (χ0v) is 11.9. The molecule has 1 aromatic carbocycles. The predicted molar refractivity (Wildman–Crippen MR) is 75.5 cm³/mol. The third-order valence-electron chi connectivity index (χ3n) is 3.07. The number of halogens is 1. The summed E-state index contributed by atoms with van der Waals surface area (Å²) in [5.74, 6) is 0.366. The van der Waals surface area contributed by atoms with Gasteiger partial charge < -0.3 is 10.1 Å². The van der Waals surface area contributed by atoms with Gasteiger partial charge >= 0.3 is 0 Å². The van der Waals surface area contributed by atoms with Gasteiger partial charge in [-0.2, -0.15) is 0 Å². The molecule has 2 rings (SSSR count). The van der Waals surface area contributed by atoms with Crippen LogP contribution in [0.15, 0.2) is 30.3 Å². The van der Waals surface area contributed by atoms with Crippen molar-refractivity contribution in [3.05, 3.63) is 35.9 Å². The summed E-state index contributed by atoms with van der Waals surface area (Å²) < 4.78 is 6.55. The fraction of sp³-hybridized carbons (Fsp3) is 0.462. The van der Waals surface area contributed by atoms with Crippen LogP contribution in [0.3, 0.4) is 0 Å². The normalized spacial score (nSPS) is 28.0. The minimum atomic E-state index is -0.0113. The van der Waals surface area contributed by atoms with E-state index in [0.717, 1.165) is 11.0 Å². The van der Waals surface area contributed by atoms with E-state index in [9.17, 15) is 4.79 Å². The maximum atomic E-state index is 12.0. The molecule has 1 amide bonds. The van der Waals surface area contributed by atoms with E-state index in [1.165, 1.54) is 0 Å². The highest BCUT2D eigenvalue weighted by molar-refractivity contribution is 14.1. The van der Waals surface area contributed by atoms with Gasteiger partial charge in [-0.25, -0.2) is 0 Å². The van der Waals surface area contributed by atoms with Gasteiger partial charge in [-0.1, -0.05) is 47.7 Å². The number of ether oxygens (including phenoxy) is 1. The Morgan fingerprint density at radius 2 is 2.18 bits per heavy atom. The molecule has 17 heavy (non-hydrogen) atoms. The van der Waals surface area contributed by atoms with Crippen LogP contribution in [-0.4, -0.2) is 29.1 Å². The van der Waals surface area contributed by atoms with Crippen LogP contribution in [0.5, 0.6) is 0 Å². The standard InChI is InChI=1S/C13H16INO2/c1-9-8-17-11(7-14)12(9)15-13(16)10-5-3-2-4-6-10/h2-6,9,11-12H,7-8H2,1H3,(H,15,16)/t9-,11-,12-/m1/s1. The van der Waals surface area contributed by atoms with Gasteiger partial charge in [0.25, 0.3) is 5.91 Å². The quantitative estimate of drug-likeness (QED) is 0.674. The van der Waals surface area contributed by atoms with Crippen LogP contribution in [-0.2, 0) is 4.74 Å². The third kappa shape index (κ3) is 2.98. The lowest BCUT2D eigenvalue weighted by molar-refractivity contribution is 0.0877. The van der Waals surface area contributed by atoms with Crippen LogP contribution >= 0.6 is 22.6 Å². The van der Waals surface area contributed by atoms with Crippen LogP contribution in [0, 0.1) is 5.92 Å². The number of benzene rings is 1. The summed E-state index contributed by atoms with van der Waals surface area (Å²) >= 11 is 2.30. The highest BCUT2D eigenvalue weighted by Crippen LogP contribution is 2.22. The first-order valence-electron chi connectivity index (χ1n) is 5.76. The second kappa shape index (κ2) is 5.82. The zero-order chi connectivity index (χ0) is 12.3. The number of hydrogen-bond acceptors (Lipinski definition) is 2. The second-order valence-electron chi connectivity index (χ2n) is 4.37. The summed E-state index contributed by atoms with van der Waals surface area (Å²) in [5, 5.41) is 3.08. The lowest BCUT2D eigenvalue weighted by Crippen LogP contribution is -2.44. The third-order valence-corrected chi connectivity index (χ3v) is 3.94. The number of hydrogen-bond donors (Lipinski definition) is 1. The monoisotopic (exact) mass is 345 g/mol. The molecule has 3 nitrogen and oxygen atoms in total. The van der Waals surface area contributed by atoms with Crippen molar-refractivity contribution in [3.8, 4) is 0 Å². The highest BCUT2D eigenvalue weighted by atomic mass is 127. The minimum absolute atomic E-state index is 0.0113. The molecular formula is C13H16INO2. The van der Waals surface area contributed by atoms with Crippen LogP contribution in [0.1, 0.15) is 17.3 Å². The molecular weight excluding hydrogens is 329 g/mol. The molecule has 0 saturated carbocycles. The van der Waals surface area contributed by atoms with Gasteiger partial charge in [0.2, 0.25) is 0 Å². The SMILES string of the molecule is C[C@@H]1CO[C@H](CI)[C@@H]1NC(=O)c1ccccc1. The molecule has 0 radical (unpaired) electrons. The smallest absolute Gasteiger partial charge is 0.251 e. The summed E-state index contributed by atoms with van der Waals surface area (Å²) in [6, 6.07) is 9.44. The van der Waals surface area contributed by atoms with E-state index in [2.05, 4.69) is 34.8 Å². The molecule has 0 spiro atoms. The minimum Gasteiger partial charge on any atom is -0.375 e. The van der Waals surface area contributed by atoms with Crippen molar-refractivity contribution in [2.45, 2.75) is 19.1 Å². The van der Waals surface area contributed by atoms with E-state index in [4.69, 9.17) is 4.74 Å². The van der Waals surface area contributed by atoms with Crippen molar-refractivity contribution in [3.63, 3.8) is 0 Å². The van der Waals surface area contributed by atoms with E-state index in [0.29, 0.717) is 11.5 Å². The van der Waals surface area contributed by atoms with Crippen LogP contribution in [0.25, 0.3) is 0 Å². The van der Waals surface area contributed by atoms with Crippen molar-refractivity contribution >= 4 is 28.5 Å². The predicted octanol–water partition coefficient (Wildman–Crippen LogP) is 2.25. The molecule has 1 fully saturated rings. The summed E-state index contributed by atoms with van der Waals surface area (Å²) in [7, 11) is 0. The molecule has 0 aromatic heterocycles. The van der Waals surface area contributed by atoms with E-state index in [1.54, 1.807) is 0 Å². The van der Waals surface area contributed by atoms with Gasteiger partial charge in [-0.3, -0.25) is 4.79 Å². The Balaban J connectivity index is 2.03. The van der Waals surface area contributed by atoms with Gasteiger partial charge in [0.1, 0.15) is 0 Å². The first kappa shape index (κ1) is 12.8. The lowest BCUT2D eigenvalue weighted by atomic mass is 10.0. The average molecular weight is 345 g/mol. The zero-order valence-electron chi connectivity index (χ0n) is 9.73. The number of amides is 1. The Morgan fingerprint density at radius 3 is 2.82 bits per heavy atom. The summed E-state index contributed by atoms with van der Waals surface area (Å²) in [4.78, 5) is 12.0. The molecule has 1 aliphatic heterocycles. The molecule has 1 aromatic rings. The van der Waals surface area contributed by atoms with Gasteiger partial charge in [0, 0.05) is 15.9 Å². The molecule has 1 N–H and O–H groups in total. The van der Waals surface area contributed by atoms with E-state index < -0.39 is 0 Å². The Kier molecular flexibility index (Phi) is 4.39. The molecule has 1 aliphatic rings. The number of carbonyl (C=O) groups is 1. The molecule has 1 heterocycles. The Hall–Kier alpha value is -0.620. The highest BCUT2D eigenvalue weighted by Gasteiger charge is 2.34. The van der Waals surface area contributed by atoms with E-state index in [-0.39, 0.29) is 18.1 Å². The maximum Gasteiger partial charge on any atom is 0.251 e. The Bertz CT molecular complexity index is 382. The molecule has 4 heteroatoms. The average Bonchev–Trinajstić information content (AvgIpc) is 2.71. The van der Waals surface area contributed by atoms with Gasteiger partial charge in [0.05, 0.1) is 18.8 Å². The number of carbonyl (C=O) groups excluding carboxylic acids is 1. The van der Waals surface area contributed by atoms with Crippen molar-refractivity contribution < 1.29 is 9.53 Å². The van der Waals surface area contributed by atoms with Crippen molar-refractivity contribution in [1.82, 2.24) is 5.32 Å². The molecule has 92 valence electrons. The van der Waals surface area contributed by atoms with Gasteiger partial charge in [-0.15, -0.1) is 0 Å². The largest absolute Gasteiger partial charge is 0.375 e.